The van der Waals surface area contributed by atoms with E-state index < -0.39 is 17.9 Å². The number of nitrogens with zero attached hydrogens (tertiary/aromatic N) is 2. The number of esters is 1. The Labute approximate surface area is 162 Å². The van der Waals surface area contributed by atoms with Gasteiger partial charge in [-0.25, -0.2) is 9.59 Å². The number of rotatable bonds is 5. The van der Waals surface area contributed by atoms with Crippen LogP contribution in [0.2, 0.25) is 0 Å². The van der Waals surface area contributed by atoms with Crippen LogP contribution in [-0.4, -0.2) is 34.5 Å². The molecule has 3 amide bonds. The van der Waals surface area contributed by atoms with Gasteiger partial charge in [0, 0.05) is 17.4 Å². The molecule has 0 aliphatic carbocycles. The Morgan fingerprint density at radius 2 is 2.00 bits per heavy atom. The normalized spacial score (nSPS) is 15.6. The Hall–Kier alpha value is -3.29. The van der Waals surface area contributed by atoms with Gasteiger partial charge in [0.15, 0.2) is 0 Å². The zero-order chi connectivity index (χ0) is 20.6. The van der Waals surface area contributed by atoms with Gasteiger partial charge in [-0.15, -0.1) is 0 Å². The molecule has 1 N–H and O–H groups in total. The number of hydrogen-bond acceptors (Lipinski definition) is 5. The SMILES string of the molecule is COC(=O)c1ccc(CN2C(=O)NC(=Cc3cc(C)n(C(C)C)c3C)C2=O)o1. The summed E-state index contributed by atoms with van der Waals surface area (Å²) >= 11 is 0. The van der Waals surface area contributed by atoms with Gasteiger partial charge in [-0.1, -0.05) is 0 Å². The second kappa shape index (κ2) is 7.38. The predicted octanol–water partition coefficient (Wildman–Crippen LogP) is 3.16. The number of methoxy groups -OCH3 is 1. The second-order valence-electron chi connectivity index (χ2n) is 6.93. The molecular formula is C20H23N3O5. The number of carbonyl (C=O) groups is 3. The fourth-order valence-electron chi connectivity index (χ4n) is 3.44. The van der Waals surface area contributed by atoms with E-state index >= 15 is 0 Å². The van der Waals surface area contributed by atoms with Crippen molar-refractivity contribution in [1.29, 1.82) is 0 Å². The molecular weight excluding hydrogens is 362 g/mol. The van der Waals surface area contributed by atoms with Crippen molar-refractivity contribution in [3.63, 3.8) is 0 Å². The van der Waals surface area contributed by atoms with Gasteiger partial charge in [-0.2, -0.15) is 0 Å². The van der Waals surface area contributed by atoms with Crippen LogP contribution < -0.4 is 5.32 Å². The van der Waals surface area contributed by atoms with Crippen molar-refractivity contribution in [2.75, 3.05) is 7.11 Å². The van der Waals surface area contributed by atoms with Crippen LogP contribution in [0, 0.1) is 13.8 Å². The highest BCUT2D eigenvalue weighted by molar-refractivity contribution is 6.13. The molecule has 3 heterocycles. The number of ether oxygens (including phenoxy) is 1. The summed E-state index contributed by atoms with van der Waals surface area (Å²) in [7, 11) is 1.25. The molecule has 1 saturated heterocycles. The molecule has 2 aromatic heterocycles. The van der Waals surface area contributed by atoms with E-state index in [-0.39, 0.29) is 18.0 Å². The lowest BCUT2D eigenvalue weighted by atomic mass is 10.2. The van der Waals surface area contributed by atoms with Gasteiger partial charge in [0.2, 0.25) is 5.76 Å². The van der Waals surface area contributed by atoms with Crippen molar-refractivity contribution < 1.29 is 23.5 Å². The molecule has 3 rings (SSSR count). The van der Waals surface area contributed by atoms with E-state index in [9.17, 15) is 14.4 Å². The standard InChI is InChI=1S/C20H23N3O5/c1-11(2)23-12(3)8-14(13(23)4)9-16-18(24)22(20(26)21-16)10-15-6-7-17(28-15)19(25)27-5/h6-9,11H,10H2,1-5H3,(H,21,26). The van der Waals surface area contributed by atoms with Crippen molar-refractivity contribution in [2.24, 2.45) is 0 Å². The fourth-order valence-corrected chi connectivity index (χ4v) is 3.44. The summed E-state index contributed by atoms with van der Waals surface area (Å²) < 4.78 is 12.1. The Balaban J connectivity index is 1.82. The Morgan fingerprint density at radius 3 is 2.61 bits per heavy atom. The van der Waals surface area contributed by atoms with E-state index in [1.807, 2.05) is 19.9 Å². The van der Waals surface area contributed by atoms with Gasteiger partial charge in [0.25, 0.3) is 5.91 Å². The zero-order valence-electron chi connectivity index (χ0n) is 16.5. The van der Waals surface area contributed by atoms with E-state index in [0.29, 0.717) is 11.8 Å². The van der Waals surface area contributed by atoms with Gasteiger partial charge in [-0.05, 0) is 57.5 Å². The van der Waals surface area contributed by atoms with E-state index in [4.69, 9.17) is 4.42 Å². The summed E-state index contributed by atoms with van der Waals surface area (Å²) in [6.45, 7) is 8.09. The van der Waals surface area contributed by atoms with Crippen molar-refractivity contribution in [2.45, 2.75) is 40.3 Å². The van der Waals surface area contributed by atoms with E-state index in [1.165, 1.54) is 19.2 Å². The lowest BCUT2D eigenvalue weighted by Crippen LogP contribution is -2.30. The number of hydrogen-bond donors (Lipinski definition) is 1. The molecule has 148 valence electrons. The third-order valence-electron chi connectivity index (χ3n) is 4.66. The molecule has 0 radical (unpaired) electrons. The van der Waals surface area contributed by atoms with Crippen molar-refractivity contribution in [3.05, 3.63) is 52.4 Å². The van der Waals surface area contributed by atoms with E-state index in [0.717, 1.165) is 21.9 Å². The average Bonchev–Trinajstić information content (AvgIpc) is 3.28. The molecule has 2 aromatic rings. The van der Waals surface area contributed by atoms with Gasteiger partial charge < -0.3 is 19.0 Å². The Kier molecular flexibility index (Phi) is 5.13. The number of carbonyl (C=O) groups excluding carboxylic acids is 3. The second-order valence-corrected chi connectivity index (χ2v) is 6.93. The average molecular weight is 385 g/mol. The maximum Gasteiger partial charge on any atom is 0.373 e. The molecule has 0 unspecified atom stereocenters. The first-order valence-corrected chi connectivity index (χ1v) is 8.93. The first-order valence-electron chi connectivity index (χ1n) is 8.93. The van der Waals surface area contributed by atoms with E-state index in [2.05, 4.69) is 28.5 Å². The lowest BCUT2D eigenvalue weighted by molar-refractivity contribution is -0.123. The fraction of sp³-hybridized carbons (Fsp3) is 0.350. The minimum atomic E-state index is -0.621. The maximum atomic E-state index is 12.7. The number of furan rings is 1. The molecule has 1 aliphatic rings. The summed E-state index contributed by atoms with van der Waals surface area (Å²) in [5, 5.41) is 2.60. The topological polar surface area (TPSA) is 93.8 Å². The first-order chi connectivity index (χ1) is 13.2. The zero-order valence-corrected chi connectivity index (χ0v) is 16.5. The van der Waals surface area contributed by atoms with Gasteiger partial charge in [0.1, 0.15) is 11.5 Å². The van der Waals surface area contributed by atoms with Crippen molar-refractivity contribution in [3.8, 4) is 0 Å². The first kappa shape index (κ1) is 19.5. The summed E-state index contributed by atoms with van der Waals surface area (Å²) in [6.07, 6.45) is 1.68. The Bertz CT molecular complexity index is 980. The van der Waals surface area contributed by atoms with E-state index in [1.54, 1.807) is 6.08 Å². The van der Waals surface area contributed by atoms with Crippen LogP contribution in [0.15, 0.2) is 28.3 Å². The molecule has 1 aliphatic heterocycles. The molecule has 0 spiro atoms. The third kappa shape index (κ3) is 3.45. The minimum absolute atomic E-state index is 0.0152. The molecule has 0 bridgehead atoms. The molecule has 0 atom stereocenters. The van der Waals surface area contributed by atoms with Crippen LogP contribution in [-0.2, 0) is 16.1 Å². The van der Waals surface area contributed by atoms with Crippen LogP contribution >= 0.6 is 0 Å². The Morgan fingerprint density at radius 1 is 1.29 bits per heavy atom. The summed E-state index contributed by atoms with van der Waals surface area (Å²) in [6, 6.07) is 4.71. The van der Waals surface area contributed by atoms with Crippen LogP contribution in [0.25, 0.3) is 6.08 Å². The summed E-state index contributed by atoms with van der Waals surface area (Å²) in [4.78, 5) is 37.5. The quantitative estimate of drug-likeness (QED) is 0.485. The predicted molar refractivity (Wildman–Crippen MR) is 101 cm³/mol. The van der Waals surface area contributed by atoms with Crippen molar-refractivity contribution >= 4 is 24.0 Å². The molecule has 8 heteroatoms. The molecule has 0 aromatic carbocycles. The largest absolute Gasteiger partial charge is 0.463 e. The minimum Gasteiger partial charge on any atom is -0.463 e. The van der Waals surface area contributed by atoms with Crippen molar-refractivity contribution in [1.82, 2.24) is 14.8 Å². The molecule has 28 heavy (non-hydrogen) atoms. The highest BCUT2D eigenvalue weighted by Gasteiger charge is 2.34. The highest BCUT2D eigenvalue weighted by Crippen LogP contribution is 2.24. The van der Waals surface area contributed by atoms with Crippen LogP contribution in [0.3, 0.4) is 0 Å². The van der Waals surface area contributed by atoms with Gasteiger partial charge in [-0.3, -0.25) is 9.69 Å². The van der Waals surface area contributed by atoms with Crippen LogP contribution in [0.5, 0.6) is 0 Å². The maximum absolute atomic E-state index is 12.7. The number of aromatic nitrogens is 1. The number of nitrogens with one attached hydrogen (secondary N) is 1. The number of urea groups is 1. The summed E-state index contributed by atoms with van der Waals surface area (Å²) in [5.74, 6) is -0.746. The van der Waals surface area contributed by atoms with Crippen LogP contribution in [0.4, 0.5) is 4.79 Å². The number of aryl methyl sites for hydroxylation is 1. The molecule has 1 fully saturated rings. The third-order valence-corrected chi connectivity index (χ3v) is 4.66. The lowest BCUT2D eigenvalue weighted by Gasteiger charge is -2.13. The monoisotopic (exact) mass is 385 g/mol. The van der Waals surface area contributed by atoms with Crippen LogP contribution in [0.1, 0.15) is 53.2 Å². The molecule has 8 nitrogen and oxygen atoms in total. The number of imide groups is 1. The number of amides is 3. The van der Waals surface area contributed by atoms with Gasteiger partial charge >= 0.3 is 12.0 Å². The summed E-state index contributed by atoms with van der Waals surface area (Å²) in [5.41, 5.74) is 3.18. The van der Waals surface area contributed by atoms with Gasteiger partial charge in [0.05, 0.1) is 13.7 Å². The highest BCUT2D eigenvalue weighted by atomic mass is 16.5. The smallest absolute Gasteiger partial charge is 0.373 e. The molecule has 0 saturated carbocycles.